The van der Waals surface area contributed by atoms with E-state index in [1.54, 1.807) is 17.0 Å². The fourth-order valence-corrected chi connectivity index (χ4v) is 3.29. The first kappa shape index (κ1) is 16.6. The molecule has 0 radical (unpaired) electrons. The first-order valence-corrected chi connectivity index (χ1v) is 8.87. The zero-order valence-corrected chi connectivity index (χ0v) is 14.6. The predicted molar refractivity (Wildman–Crippen MR) is 93.6 cm³/mol. The van der Waals surface area contributed by atoms with Crippen LogP contribution in [0.3, 0.4) is 0 Å². The van der Waals surface area contributed by atoms with Gasteiger partial charge in [0.25, 0.3) is 0 Å². The molecule has 1 fully saturated rings. The van der Waals surface area contributed by atoms with E-state index < -0.39 is 0 Å². The second kappa shape index (κ2) is 7.20. The van der Waals surface area contributed by atoms with Gasteiger partial charge < -0.3 is 9.84 Å². The maximum absolute atomic E-state index is 12.7. The molecule has 3 aromatic rings. The van der Waals surface area contributed by atoms with Gasteiger partial charge in [-0.1, -0.05) is 5.16 Å². The third-order valence-electron chi connectivity index (χ3n) is 4.60. The van der Waals surface area contributed by atoms with Gasteiger partial charge in [-0.05, 0) is 38.4 Å². The monoisotopic (exact) mass is 355 g/mol. The number of piperidine rings is 1. The Balaban J connectivity index is 1.60. The van der Waals surface area contributed by atoms with Crippen LogP contribution in [0.5, 0.6) is 0 Å². The van der Waals surface area contributed by atoms with Gasteiger partial charge in [-0.3, -0.25) is 9.55 Å². The molecule has 1 atom stereocenters. The lowest BCUT2D eigenvalue weighted by Gasteiger charge is -2.21. The highest BCUT2D eigenvalue weighted by atomic mass is 16.5. The second-order valence-corrected chi connectivity index (χ2v) is 6.34. The minimum atomic E-state index is -0.144. The summed E-state index contributed by atoms with van der Waals surface area (Å²) < 4.78 is 8.44. The summed E-state index contributed by atoms with van der Waals surface area (Å²) in [4.78, 5) is 21.1. The quantitative estimate of drug-likeness (QED) is 0.729. The molecule has 9 nitrogen and oxygen atoms in total. The maximum atomic E-state index is 12.7. The molecular weight excluding hydrogens is 334 g/mol. The molecule has 4 heterocycles. The van der Waals surface area contributed by atoms with Crippen LogP contribution < -0.4 is 11.0 Å². The first-order chi connectivity index (χ1) is 12.8. The lowest BCUT2D eigenvalue weighted by Crippen LogP contribution is -2.31. The van der Waals surface area contributed by atoms with Crippen molar-refractivity contribution in [1.29, 1.82) is 0 Å². The molecule has 3 aromatic heterocycles. The van der Waals surface area contributed by atoms with Crippen molar-refractivity contribution in [2.24, 2.45) is 0 Å². The van der Waals surface area contributed by atoms with Gasteiger partial charge in [0.2, 0.25) is 11.7 Å². The molecule has 1 N–H and O–H groups in total. The molecule has 1 aliphatic heterocycles. The normalized spacial score (nSPS) is 17.5. The van der Waals surface area contributed by atoms with Crippen LogP contribution in [-0.2, 0) is 13.1 Å². The highest BCUT2D eigenvalue weighted by Crippen LogP contribution is 2.21. The first-order valence-electron chi connectivity index (χ1n) is 8.87. The third kappa shape index (κ3) is 3.17. The van der Waals surface area contributed by atoms with Crippen LogP contribution in [0.4, 0.5) is 0 Å². The van der Waals surface area contributed by atoms with Crippen molar-refractivity contribution in [2.75, 3.05) is 13.1 Å². The highest BCUT2D eigenvalue weighted by Gasteiger charge is 2.24. The molecule has 136 valence electrons. The van der Waals surface area contributed by atoms with Crippen LogP contribution in [0.25, 0.3) is 11.4 Å². The Morgan fingerprint density at radius 1 is 1.42 bits per heavy atom. The summed E-state index contributed by atoms with van der Waals surface area (Å²) in [6, 6.07) is 3.66. The number of hydrogen-bond acceptors (Lipinski definition) is 7. The molecule has 0 saturated carbocycles. The van der Waals surface area contributed by atoms with E-state index in [2.05, 4.69) is 25.5 Å². The van der Waals surface area contributed by atoms with Gasteiger partial charge in [-0.2, -0.15) is 10.1 Å². The molecule has 0 bridgehead atoms. The molecule has 0 amide bonds. The van der Waals surface area contributed by atoms with Crippen molar-refractivity contribution in [2.45, 2.75) is 38.8 Å². The fourth-order valence-electron chi connectivity index (χ4n) is 3.29. The largest absolute Gasteiger partial charge is 0.346 e. The summed E-state index contributed by atoms with van der Waals surface area (Å²) in [5, 5.41) is 11.9. The zero-order valence-electron chi connectivity index (χ0n) is 14.6. The van der Waals surface area contributed by atoms with Gasteiger partial charge in [-0.15, -0.1) is 0 Å². The summed E-state index contributed by atoms with van der Waals surface area (Å²) >= 11 is 0. The van der Waals surface area contributed by atoms with Gasteiger partial charge in [0.15, 0.2) is 0 Å². The van der Waals surface area contributed by atoms with Gasteiger partial charge in [0.05, 0.1) is 0 Å². The molecular formula is C17H21N7O2. The minimum Gasteiger partial charge on any atom is -0.337 e. The average Bonchev–Trinajstić information content (AvgIpc) is 3.28. The Kier molecular flexibility index (Phi) is 4.61. The molecule has 0 spiro atoms. The average molecular weight is 355 g/mol. The lowest BCUT2D eigenvalue weighted by molar-refractivity contribution is 0.363. The van der Waals surface area contributed by atoms with E-state index >= 15 is 0 Å². The second-order valence-electron chi connectivity index (χ2n) is 6.34. The number of aromatic nitrogens is 6. The number of rotatable bonds is 5. The van der Waals surface area contributed by atoms with Crippen LogP contribution in [0, 0.1) is 0 Å². The topological polar surface area (TPSA) is 104 Å². The fraction of sp³-hybridized carbons (Fsp3) is 0.471. The van der Waals surface area contributed by atoms with E-state index in [0.29, 0.717) is 18.3 Å². The van der Waals surface area contributed by atoms with Crippen molar-refractivity contribution in [1.82, 2.24) is 34.8 Å². The zero-order chi connectivity index (χ0) is 17.9. The number of pyridine rings is 1. The summed E-state index contributed by atoms with van der Waals surface area (Å²) in [6.45, 7) is 4.58. The van der Waals surface area contributed by atoms with E-state index in [9.17, 15) is 4.79 Å². The van der Waals surface area contributed by atoms with Crippen molar-refractivity contribution in [3.63, 3.8) is 0 Å². The Morgan fingerprint density at radius 2 is 2.35 bits per heavy atom. The third-order valence-corrected chi connectivity index (χ3v) is 4.60. The van der Waals surface area contributed by atoms with E-state index in [1.165, 1.54) is 4.68 Å². The van der Waals surface area contributed by atoms with Gasteiger partial charge in [0, 0.05) is 37.0 Å². The molecule has 26 heavy (non-hydrogen) atoms. The molecule has 4 rings (SSSR count). The van der Waals surface area contributed by atoms with Crippen LogP contribution >= 0.6 is 0 Å². The Labute approximate surface area is 150 Å². The van der Waals surface area contributed by atoms with E-state index in [1.807, 2.05) is 19.1 Å². The van der Waals surface area contributed by atoms with Gasteiger partial charge in [0.1, 0.15) is 12.4 Å². The number of hydrogen-bond donors (Lipinski definition) is 1. The Bertz CT molecular complexity index is 922. The Hall–Kier alpha value is -2.81. The summed E-state index contributed by atoms with van der Waals surface area (Å²) in [5.74, 6) is 1.88. The van der Waals surface area contributed by atoms with Crippen molar-refractivity contribution in [3.8, 4) is 11.4 Å². The van der Waals surface area contributed by atoms with Crippen molar-refractivity contribution < 1.29 is 4.52 Å². The van der Waals surface area contributed by atoms with Crippen LogP contribution in [0.2, 0.25) is 0 Å². The SMILES string of the molecule is CCn1c([C@@H]2CCCNC2)nn(Cc2nc(-c3cccnc3)no2)c1=O. The molecule has 1 aliphatic rings. The molecule has 0 aromatic carbocycles. The summed E-state index contributed by atoms with van der Waals surface area (Å²) in [7, 11) is 0. The predicted octanol–water partition coefficient (Wildman–Crippen LogP) is 1.03. The molecule has 0 unspecified atom stereocenters. The van der Waals surface area contributed by atoms with Gasteiger partial charge >= 0.3 is 5.69 Å². The van der Waals surface area contributed by atoms with E-state index in [0.717, 1.165) is 37.3 Å². The van der Waals surface area contributed by atoms with Crippen molar-refractivity contribution in [3.05, 3.63) is 46.7 Å². The van der Waals surface area contributed by atoms with Crippen LogP contribution in [0.15, 0.2) is 33.8 Å². The van der Waals surface area contributed by atoms with Gasteiger partial charge in [-0.25, -0.2) is 9.48 Å². The lowest BCUT2D eigenvalue weighted by atomic mass is 9.99. The minimum absolute atomic E-state index is 0.144. The van der Waals surface area contributed by atoms with Crippen molar-refractivity contribution >= 4 is 0 Å². The molecule has 0 aliphatic carbocycles. The standard InChI is InChI=1S/C17H21N7O2/c1-2-23-16(13-6-4-8-19-10-13)21-24(17(23)25)11-14-20-15(22-26-14)12-5-3-7-18-9-12/h3,5,7,9,13,19H,2,4,6,8,10-11H2,1H3/t13-/m1/s1. The Morgan fingerprint density at radius 3 is 3.08 bits per heavy atom. The van der Waals surface area contributed by atoms with Crippen LogP contribution in [0.1, 0.15) is 37.4 Å². The number of nitrogens with one attached hydrogen (secondary N) is 1. The highest BCUT2D eigenvalue weighted by molar-refractivity contribution is 5.51. The molecule has 1 saturated heterocycles. The molecule has 9 heteroatoms. The van der Waals surface area contributed by atoms with Crippen LogP contribution in [-0.4, -0.2) is 42.6 Å². The maximum Gasteiger partial charge on any atom is 0.346 e. The number of nitrogens with zero attached hydrogens (tertiary/aromatic N) is 6. The summed E-state index contributed by atoms with van der Waals surface area (Å²) in [6.07, 6.45) is 5.48. The summed E-state index contributed by atoms with van der Waals surface area (Å²) in [5.41, 5.74) is 0.622. The van der Waals surface area contributed by atoms with E-state index in [4.69, 9.17) is 4.52 Å². The van der Waals surface area contributed by atoms with E-state index in [-0.39, 0.29) is 18.2 Å². The smallest absolute Gasteiger partial charge is 0.337 e.